The number of halogens is 1. The number of ether oxygens (including phenoxy) is 2. The van der Waals surface area contributed by atoms with Crippen LogP contribution in [0.2, 0.25) is 5.02 Å². The highest BCUT2D eigenvalue weighted by molar-refractivity contribution is 6.32. The summed E-state index contributed by atoms with van der Waals surface area (Å²) in [6.07, 6.45) is 2.31. The van der Waals surface area contributed by atoms with Gasteiger partial charge in [0.25, 0.3) is 0 Å². The van der Waals surface area contributed by atoms with E-state index in [2.05, 4.69) is 0 Å². The van der Waals surface area contributed by atoms with E-state index in [1.807, 2.05) is 6.92 Å². The lowest BCUT2D eigenvalue weighted by Crippen LogP contribution is -2.45. The van der Waals surface area contributed by atoms with E-state index in [-0.39, 0.29) is 43.2 Å². The molecule has 1 aromatic rings. The third-order valence-electron chi connectivity index (χ3n) is 6.16. The van der Waals surface area contributed by atoms with Gasteiger partial charge in [-0.25, -0.2) is 0 Å². The Hall–Kier alpha value is -1.96. The zero-order chi connectivity index (χ0) is 22.4. The van der Waals surface area contributed by atoms with Gasteiger partial charge < -0.3 is 14.4 Å². The van der Waals surface area contributed by atoms with E-state index < -0.39 is 5.41 Å². The highest BCUT2D eigenvalue weighted by Crippen LogP contribution is 2.43. The molecule has 2 aliphatic heterocycles. The van der Waals surface area contributed by atoms with Crippen molar-refractivity contribution in [1.82, 2.24) is 9.80 Å². The number of carbonyl (C=O) groups is 3. The van der Waals surface area contributed by atoms with Crippen LogP contribution in [0.25, 0.3) is 0 Å². The van der Waals surface area contributed by atoms with Crippen molar-refractivity contribution in [2.45, 2.75) is 50.5 Å². The van der Waals surface area contributed by atoms with E-state index >= 15 is 0 Å². The number of imide groups is 1. The van der Waals surface area contributed by atoms with Gasteiger partial charge in [0.2, 0.25) is 17.7 Å². The van der Waals surface area contributed by atoms with Crippen molar-refractivity contribution in [2.75, 3.05) is 40.0 Å². The first-order valence-corrected chi connectivity index (χ1v) is 11.3. The molecule has 0 spiro atoms. The normalized spacial score (nSPS) is 23.6. The number of likely N-dealkylation sites (tertiary alicyclic amines) is 1. The fraction of sp³-hybridized carbons (Fsp3) is 0.609. The summed E-state index contributed by atoms with van der Waals surface area (Å²) in [7, 11) is 1.58. The standard InChI is InChI=1S/C23H31ClN2O5/c1-3-25(16-17-8-6-13-31-17)20(27)14-23(18-9-4-5-10-19(18)24)15-21(28)26(22(23)29)11-7-12-30-2/h4-5,9-10,17H,3,6-8,11-16H2,1-2H3/t17-,23-/m0/s1. The zero-order valence-corrected chi connectivity index (χ0v) is 19.0. The lowest BCUT2D eigenvalue weighted by Gasteiger charge is -2.31. The molecule has 2 heterocycles. The summed E-state index contributed by atoms with van der Waals surface area (Å²) in [4.78, 5) is 42.8. The maximum absolute atomic E-state index is 13.6. The van der Waals surface area contributed by atoms with Crippen molar-refractivity contribution in [3.63, 3.8) is 0 Å². The van der Waals surface area contributed by atoms with Crippen LogP contribution in [0.3, 0.4) is 0 Å². The molecule has 2 atom stereocenters. The molecule has 0 unspecified atom stereocenters. The van der Waals surface area contributed by atoms with Crippen molar-refractivity contribution < 1.29 is 23.9 Å². The van der Waals surface area contributed by atoms with Crippen LogP contribution in [-0.4, -0.2) is 73.6 Å². The number of hydrogen-bond acceptors (Lipinski definition) is 5. The number of hydrogen-bond donors (Lipinski definition) is 0. The van der Waals surface area contributed by atoms with Gasteiger partial charge in [0.15, 0.2) is 0 Å². The van der Waals surface area contributed by atoms with Gasteiger partial charge in [0.1, 0.15) is 0 Å². The maximum atomic E-state index is 13.6. The van der Waals surface area contributed by atoms with Crippen LogP contribution in [0, 0.1) is 0 Å². The third kappa shape index (κ3) is 5.10. The van der Waals surface area contributed by atoms with Crippen molar-refractivity contribution >= 4 is 29.3 Å². The number of likely N-dealkylation sites (N-methyl/N-ethyl adjacent to an activating group) is 1. The molecule has 0 radical (unpaired) electrons. The van der Waals surface area contributed by atoms with Gasteiger partial charge in [-0.05, 0) is 37.8 Å². The van der Waals surface area contributed by atoms with E-state index in [0.29, 0.717) is 43.3 Å². The van der Waals surface area contributed by atoms with Gasteiger partial charge in [0, 0.05) is 57.8 Å². The number of benzene rings is 1. The number of rotatable bonds is 10. The SMILES string of the molecule is CCN(C[C@@H]1CCCO1)C(=O)C[C@@]1(c2ccccc2Cl)CC(=O)N(CCCOC)C1=O. The fourth-order valence-corrected chi connectivity index (χ4v) is 4.82. The Balaban J connectivity index is 1.88. The number of nitrogens with zero attached hydrogens (tertiary/aromatic N) is 2. The lowest BCUT2D eigenvalue weighted by molar-refractivity contribution is -0.143. The van der Waals surface area contributed by atoms with Crippen molar-refractivity contribution in [3.05, 3.63) is 34.9 Å². The van der Waals surface area contributed by atoms with Crippen LogP contribution in [0.4, 0.5) is 0 Å². The zero-order valence-electron chi connectivity index (χ0n) is 18.3. The van der Waals surface area contributed by atoms with E-state index in [4.69, 9.17) is 21.1 Å². The van der Waals surface area contributed by atoms with Gasteiger partial charge in [-0.1, -0.05) is 29.8 Å². The Kier molecular flexibility index (Phi) is 8.08. The van der Waals surface area contributed by atoms with Crippen LogP contribution >= 0.6 is 11.6 Å². The summed E-state index contributed by atoms with van der Waals surface area (Å²) >= 11 is 6.47. The van der Waals surface area contributed by atoms with Gasteiger partial charge in [-0.15, -0.1) is 0 Å². The molecule has 1 aromatic carbocycles. The molecule has 2 aliphatic rings. The number of amides is 3. The second-order valence-electron chi connectivity index (χ2n) is 8.18. The van der Waals surface area contributed by atoms with Gasteiger partial charge >= 0.3 is 0 Å². The molecule has 0 bridgehead atoms. The second kappa shape index (κ2) is 10.6. The Morgan fingerprint density at radius 2 is 2.13 bits per heavy atom. The van der Waals surface area contributed by atoms with Gasteiger partial charge in [-0.3, -0.25) is 19.3 Å². The fourth-order valence-electron chi connectivity index (χ4n) is 4.50. The van der Waals surface area contributed by atoms with Crippen LogP contribution in [0.15, 0.2) is 24.3 Å². The summed E-state index contributed by atoms with van der Waals surface area (Å²) in [5.41, 5.74) is -0.755. The minimum Gasteiger partial charge on any atom is -0.385 e. The second-order valence-corrected chi connectivity index (χ2v) is 8.59. The van der Waals surface area contributed by atoms with Crippen molar-refractivity contribution in [2.24, 2.45) is 0 Å². The van der Waals surface area contributed by atoms with E-state index in [1.54, 1.807) is 36.3 Å². The Labute approximate surface area is 188 Å². The van der Waals surface area contributed by atoms with Crippen LogP contribution in [0.5, 0.6) is 0 Å². The first-order valence-electron chi connectivity index (χ1n) is 10.9. The Bertz CT molecular complexity index is 811. The predicted molar refractivity (Wildman–Crippen MR) is 117 cm³/mol. The molecule has 0 saturated carbocycles. The molecule has 7 nitrogen and oxygen atoms in total. The molecule has 170 valence electrons. The Morgan fingerprint density at radius 1 is 1.35 bits per heavy atom. The molecule has 31 heavy (non-hydrogen) atoms. The van der Waals surface area contributed by atoms with E-state index in [0.717, 1.165) is 12.8 Å². The number of methoxy groups -OCH3 is 1. The summed E-state index contributed by atoms with van der Waals surface area (Å²) in [5, 5.41) is 0.386. The molecule has 2 fully saturated rings. The smallest absolute Gasteiger partial charge is 0.240 e. The molecule has 0 aromatic heterocycles. The molecule has 3 amide bonds. The molecule has 0 aliphatic carbocycles. The highest BCUT2D eigenvalue weighted by Gasteiger charge is 2.54. The summed E-state index contributed by atoms with van der Waals surface area (Å²) in [5.74, 6) is -0.808. The molecular weight excluding hydrogens is 420 g/mol. The van der Waals surface area contributed by atoms with Gasteiger partial charge in [0.05, 0.1) is 11.5 Å². The first kappa shape index (κ1) is 23.7. The molecule has 8 heteroatoms. The van der Waals surface area contributed by atoms with E-state index in [1.165, 1.54) is 4.90 Å². The lowest BCUT2D eigenvalue weighted by atomic mass is 9.75. The van der Waals surface area contributed by atoms with E-state index in [9.17, 15) is 14.4 Å². The minimum atomic E-state index is -1.29. The average Bonchev–Trinajstić information content (AvgIpc) is 3.34. The predicted octanol–water partition coefficient (Wildman–Crippen LogP) is 2.79. The van der Waals surface area contributed by atoms with Gasteiger partial charge in [-0.2, -0.15) is 0 Å². The third-order valence-corrected chi connectivity index (χ3v) is 6.49. The summed E-state index contributed by atoms with van der Waals surface area (Å²) < 4.78 is 10.7. The number of carbonyl (C=O) groups excluding carboxylic acids is 3. The average molecular weight is 451 g/mol. The minimum absolute atomic E-state index is 0.0200. The highest BCUT2D eigenvalue weighted by atomic mass is 35.5. The topological polar surface area (TPSA) is 76.2 Å². The summed E-state index contributed by atoms with van der Waals surface area (Å²) in [6, 6.07) is 6.99. The molecule has 0 N–H and O–H groups in total. The van der Waals surface area contributed by atoms with Crippen molar-refractivity contribution in [3.8, 4) is 0 Å². The Morgan fingerprint density at radius 3 is 2.77 bits per heavy atom. The summed E-state index contributed by atoms with van der Waals surface area (Å²) in [6.45, 7) is 4.33. The van der Waals surface area contributed by atoms with Crippen LogP contribution in [0.1, 0.15) is 44.6 Å². The van der Waals surface area contributed by atoms with Crippen molar-refractivity contribution in [1.29, 1.82) is 0 Å². The first-order chi connectivity index (χ1) is 14.9. The van der Waals surface area contributed by atoms with Crippen LogP contribution < -0.4 is 0 Å². The quantitative estimate of drug-likeness (QED) is 0.404. The molecule has 3 rings (SSSR count). The molecular formula is C23H31ClN2O5. The monoisotopic (exact) mass is 450 g/mol. The molecule has 2 saturated heterocycles. The maximum Gasteiger partial charge on any atom is 0.240 e. The van der Waals surface area contributed by atoms with Crippen LogP contribution in [-0.2, 0) is 29.3 Å². The largest absolute Gasteiger partial charge is 0.385 e.